The molecule has 0 aromatic heterocycles. The highest BCUT2D eigenvalue weighted by atomic mass is 16.3. The van der Waals surface area contributed by atoms with Crippen LogP contribution in [0.3, 0.4) is 0 Å². The summed E-state index contributed by atoms with van der Waals surface area (Å²) in [6.45, 7) is 0. The largest absolute Gasteiger partial charge is 0.508 e. The van der Waals surface area contributed by atoms with E-state index in [1.54, 1.807) is 6.07 Å². The van der Waals surface area contributed by atoms with Gasteiger partial charge in [0, 0.05) is 5.69 Å². The van der Waals surface area contributed by atoms with Crippen molar-refractivity contribution in [1.29, 1.82) is 0 Å². The Morgan fingerprint density at radius 3 is 2.33 bits per heavy atom. The molecular weight excluding hydrogens is 226 g/mol. The van der Waals surface area contributed by atoms with Crippen LogP contribution >= 0.6 is 0 Å². The molecule has 0 heterocycles. The molecule has 2 aromatic carbocycles. The summed E-state index contributed by atoms with van der Waals surface area (Å²) in [6.07, 6.45) is 2.58. The van der Waals surface area contributed by atoms with Crippen LogP contribution < -0.4 is 5.73 Å². The lowest BCUT2D eigenvalue weighted by Crippen LogP contribution is -1.91. The van der Waals surface area contributed by atoms with Gasteiger partial charge in [-0.15, -0.1) is 0 Å². The summed E-state index contributed by atoms with van der Waals surface area (Å²) in [4.78, 5) is 0. The van der Waals surface area contributed by atoms with E-state index in [2.05, 4.69) is 0 Å². The van der Waals surface area contributed by atoms with E-state index in [0.29, 0.717) is 0 Å². The lowest BCUT2D eigenvalue weighted by molar-refractivity contribution is 0.453. The summed E-state index contributed by atoms with van der Waals surface area (Å²) in [6, 6.07) is 12.4. The number of benzene rings is 2. The highest BCUT2D eigenvalue weighted by Gasteiger charge is 2.02. The molecule has 0 radical (unpaired) electrons. The van der Waals surface area contributed by atoms with E-state index < -0.39 is 0 Å². The van der Waals surface area contributed by atoms with Crippen LogP contribution in [-0.4, -0.2) is 10.2 Å². The van der Waals surface area contributed by atoms with Crippen molar-refractivity contribution in [2.75, 3.05) is 5.73 Å². The van der Waals surface area contributed by atoms with Crippen molar-refractivity contribution < 1.29 is 10.2 Å². The van der Waals surface area contributed by atoms with Crippen LogP contribution in [0.15, 0.2) is 42.5 Å². The maximum Gasteiger partial charge on any atom is 0.119 e. The molecule has 0 atom stereocenters. The Labute approximate surface area is 107 Å². The third-order valence-electron chi connectivity index (χ3n) is 2.95. The van der Waals surface area contributed by atoms with Gasteiger partial charge < -0.3 is 15.9 Å². The Kier molecular flexibility index (Phi) is 3.72. The first kappa shape index (κ1) is 12.3. The van der Waals surface area contributed by atoms with Gasteiger partial charge in [0.05, 0.1) is 0 Å². The highest BCUT2D eigenvalue weighted by molar-refractivity contribution is 5.40. The zero-order valence-corrected chi connectivity index (χ0v) is 10.1. The smallest absolute Gasteiger partial charge is 0.119 e. The van der Waals surface area contributed by atoms with Crippen LogP contribution in [0, 0.1) is 0 Å². The molecule has 0 aliphatic heterocycles. The first-order chi connectivity index (χ1) is 8.65. The van der Waals surface area contributed by atoms with E-state index in [0.717, 1.165) is 30.5 Å². The molecule has 3 heteroatoms. The average molecular weight is 243 g/mol. The molecule has 0 saturated heterocycles. The molecular formula is C15H17NO2. The van der Waals surface area contributed by atoms with Gasteiger partial charge in [-0.1, -0.05) is 12.1 Å². The van der Waals surface area contributed by atoms with E-state index in [4.69, 9.17) is 5.73 Å². The zero-order chi connectivity index (χ0) is 13.0. The Morgan fingerprint density at radius 1 is 0.889 bits per heavy atom. The van der Waals surface area contributed by atoms with Crippen molar-refractivity contribution in [3.63, 3.8) is 0 Å². The number of phenols is 2. The Hall–Kier alpha value is -2.16. The predicted molar refractivity (Wildman–Crippen MR) is 72.7 cm³/mol. The third-order valence-corrected chi connectivity index (χ3v) is 2.95. The fraction of sp³-hybridized carbons (Fsp3) is 0.200. The van der Waals surface area contributed by atoms with Crippen molar-refractivity contribution >= 4 is 5.69 Å². The first-order valence-corrected chi connectivity index (χ1v) is 6.00. The van der Waals surface area contributed by atoms with Crippen LogP contribution in [0.5, 0.6) is 11.5 Å². The molecule has 2 aromatic rings. The van der Waals surface area contributed by atoms with Crippen molar-refractivity contribution in [1.82, 2.24) is 0 Å². The summed E-state index contributed by atoms with van der Waals surface area (Å²) in [5.74, 6) is 0.431. The molecule has 0 aliphatic carbocycles. The lowest BCUT2D eigenvalue weighted by atomic mass is 10.0. The van der Waals surface area contributed by atoms with Gasteiger partial charge >= 0.3 is 0 Å². The molecule has 0 unspecified atom stereocenters. The molecule has 4 N–H and O–H groups in total. The second-order valence-corrected chi connectivity index (χ2v) is 4.41. The van der Waals surface area contributed by atoms with Gasteiger partial charge in [-0.2, -0.15) is 0 Å². The van der Waals surface area contributed by atoms with Crippen molar-refractivity contribution in [2.24, 2.45) is 0 Å². The second kappa shape index (κ2) is 5.45. The molecule has 0 spiro atoms. The molecule has 0 bridgehead atoms. The fourth-order valence-electron chi connectivity index (χ4n) is 1.94. The van der Waals surface area contributed by atoms with E-state index in [1.807, 2.05) is 24.3 Å². The minimum Gasteiger partial charge on any atom is -0.508 e. The molecule has 3 nitrogen and oxygen atoms in total. The number of anilines is 1. The van der Waals surface area contributed by atoms with Crippen molar-refractivity contribution in [2.45, 2.75) is 19.3 Å². The van der Waals surface area contributed by atoms with E-state index >= 15 is 0 Å². The van der Waals surface area contributed by atoms with E-state index in [-0.39, 0.29) is 11.5 Å². The van der Waals surface area contributed by atoms with Gasteiger partial charge in [-0.25, -0.2) is 0 Å². The van der Waals surface area contributed by atoms with Crippen molar-refractivity contribution in [3.05, 3.63) is 53.6 Å². The summed E-state index contributed by atoms with van der Waals surface area (Å²) >= 11 is 0. The van der Waals surface area contributed by atoms with Gasteiger partial charge in [0.25, 0.3) is 0 Å². The number of phenolic OH excluding ortho intramolecular Hbond substituents is 2. The van der Waals surface area contributed by atoms with Crippen LogP contribution in [0.1, 0.15) is 17.5 Å². The standard InChI is InChI=1S/C15H17NO2/c16-13-6-4-11(5-7-13)2-1-3-12-10-14(17)8-9-15(12)18/h4-10,17-18H,1-3,16H2. The third kappa shape index (κ3) is 3.17. The molecule has 0 fully saturated rings. The molecule has 94 valence electrons. The van der Waals surface area contributed by atoms with Gasteiger partial charge in [0.1, 0.15) is 11.5 Å². The lowest BCUT2D eigenvalue weighted by Gasteiger charge is -2.05. The fourth-order valence-corrected chi connectivity index (χ4v) is 1.94. The average Bonchev–Trinajstić information content (AvgIpc) is 2.36. The zero-order valence-electron chi connectivity index (χ0n) is 10.1. The molecule has 2 rings (SSSR count). The minimum absolute atomic E-state index is 0.190. The molecule has 0 aliphatic rings. The summed E-state index contributed by atoms with van der Waals surface area (Å²) in [7, 11) is 0. The number of nitrogen functional groups attached to an aromatic ring is 1. The Balaban J connectivity index is 1.92. The summed E-state index contributed by atoms with van der Waals surface area (Å²) in [5.41, 5.74) is 8.40. The van der Waals surface area contributed by atoms with Gasteiger partial charge in [-0.05, 0) is 60.7 Å². The predicted octanol–water partition coefficient (Wildman–Crippen LogP) is 2.86. The minimum atomic E-state index is 0.190. The highest BCUT2D eigenvalue weighted by Crippen LogP contribution is 2.23. The number of aromatic hydroxyl groups is 2. The monoisotopic (exact) mass is 243 g/mol. The first-order valence-electron chi connectivity index (χ1n) is 6.00. The topological polar surface area (TPSA) is 66.5 Å². The quantitative estimate of drug-likeness (QED) is 0.571. The second-order valence-electron chi connectivity index (χ2n) is 4.41. The maximum atomic E-state index is 9.64. The van der Waals surface area contributed by atoms with Crippen LogP contribution in [0.2, 0.25) is 0 Å². The summed E-state index contributed by atoms with van der Waals surface area (Å²) in [5, 5.41) is 19.0. The number of aryl methyl sites for hydroxylation is 2. The van der Waals surface area contributed by atoms with Gasteiger partial charge in [0.2, 0.25) is 0 Å². The van der Waals surface area contributed by atoms with E-state index in [1.165, 1.54) is 17.7 Å². The van der Waals surface area contributed by atoms with Gasteiger partial charge in [-0.3, -0.25) is 0 Å². The molecule has 0 saturated carbocycles. The molecule has 18 heavy (non-hydrogen) atoms. The van der Waals surface area contributed by atoms with Crippen LogP contribution in [0.4, 0.5) is 5.69 Å². The molecule has 0 amide bonds. The maximum absolute atomic E-state index is 9.64. The SMILES string of the molecule is Nc1ccc(CCCc2cc(O)ccc2O)cc1. The van der Waals surface area contributed by atoms with Crippen LogP contribution in [-0.2, 0) is 12.8 Å². The van der Waals surface area contributed by atoms with Gasteiger partial charge in [0.15, 0.2) is 0 Å². The number of hydrogen-bond acceptors (Lipinski definition) is 3. The number of nitrogens with two attached hydrogens (primary N) is 1. The van der Waals surface area contributed by atoms with E-state index in [9.17, 15) is 10.2 Å². The Bertz CT molecular complexity index is 521. The van der Waals surface area contributed by atoms with Crippen molar-refractivity contribution in [3.8, 4) is 11.5 Å². The Morgan fingerprint density at radius 2 is 1.61 bits per heavy atom. The summed E-state index contributed by atoms with van der Waals surface area (Å²) < 4.78 is 0. The number of rotatable bonds is 4. The number of hydrogen-bond donors (Lipinski definition) is 3. The van der Waals surface area contributed by atoms with Crippen LogP contribution in [0.25, 0.3) is 0 Å². The normalized spacial score (nSPS) is 10.4.